The van der Waals surface area contributed by atoms with Crippen LogP contribution in [0.4, 0.5) is 4.39 Å². The van der Waals surface area contributed by atoms with Crippen LogP contribution in [0.2, 0.25) is 0 Å². The molecule has 18 heavy (non-hydrogen) atoms. The molecule has 0 amide bonds. The van der Waals surface area contributed by atoms with Gasteiger partial charge in [0.15, 0.2) is 0 Å². The summed E-state index contributed by atoms with van der Waals surface area (Å²) in [7, 11) is 0. The molecule has 3 heteroatoms. The van der Waals surface area contributed by atoms with Gasteiger partial charge in [-0.15, -0.1) is 0 Å². The van der Waals surface area contributed by atoms with Crippen LogP contribution in [0, 0.1) is 24.1 Å². The number of rotatable bonds is 6. The molecule has 98 valence electrons. The predicted molar refractivity (Wildman–Crippen MR) is 71.9 cm³/mol. The van der Waals surface area contributed by atoms with E-state index in [1.165, 1.54) is 6.07 Å². The van der Waals surface area contributed by atoms with Crippen molar-refractivity contribution in [3.8, 4) is 6.07 Å². The average molecular weight is 248 g/mol. The van der Waals surface area contributed by atoms with Crippen LogP contribution in [0.5, 0.6) is 0 Å². The molecule has 1 rings (SSSR count). The van der Waals surface area contributed by atoms with Gasteiger partial charge in [-0.25, -0.2) is 4.39 Å². The van der Waals surface area contributed by atoms with Crippen molar-refractivity contribution in [2.75, 3.05) is 13.1 Å². The second-order valence-corrected chi connectivity index (χ2v) is 5.29. The molecule has 1 aromatic rings. The van der Waals surface area contributed by atoms with Crippen LogP contribution in [0.25, 0.3) is 0 Å². The van der Waals surface area contributed by atoms with Gasteiger partial charge < -0.3 is 5.32 Å². The smallest absolute Gasteiger partial charge is 0.126 e. The maximum absolute atomic E-state index is 13.2. The lowest BCUT2D eigenvalue weighted by atomic mass is 9.84. The monoisotopic (exact) mass is 248 g/mol. The number of hydrogen-bond acceptors (Lipinski definition) is 2. The Morgan fingerprint density at radius 3 is 2.72 bits per heavy atom. The Hall–Kier alpha value is -1.40. The summed E-state index contributed by atoms with van der Waals surface area (Å²) in [6, 6.07) is 7.41. The highest BCUT2D eigenvalue weighted by Gasteiger charge is 2.20. The zero-order valence-corrected chi connectivity index (χ0v) is 11.4. The van der Waals surface area contributed by atoms with Crippen molar-refractivity contribution in [3.63, 3.8) is 0 Å². The van der Waals surface area contributed by atoms with Crippen LogP contribution in [-0.4, -0.2) is 13.1 Å². The summed E-state index contributed by atoms with van der Waals surface area (Å²) >= 11 is 0. The largest absolute Gasteiger partial charge is 0.316 e. The lowest BCUT2D eigenvalue weighted by Gasteiger charge is -2.26. The molecule has 0 bridgehead atoms. The van der Waals surface area contributed by atoms with Crippen molar-refractivity contribution in [3.05, 3.63) is 35.1 Å². The Balaban J connectivity index is 2.57. The SMILES string of the molecule is Cc1cc(C(C)(C)CNCCCC#N)ccc1F. The second-order valence-electron chi connectivity index (χ2n) is 5.29. The van der Waals surface area contributed by atoms with Crippen LogP contribution in [0.3, 0.4) is 0 Å². The van der Waals surface area contributed by atoms with E-state index in [9.17, 15) is 4.39 Å². The first kappa shape index (κ1) is 14.7. The molecule has 0 unspecified atom stereocenters. The van der Waals surface area contributed by atoms with Gasteiger partial charge in [0.05, 0.1) is 6.07 Å². The van der Waals surface area contributed by atoms with E-state index in [-0.39, 0.29) is 11.2 Å². The molecule has 0 spiro atoms. The van der Waals surface area contributed by atoms with E-state index in [4.69, 9.17) is 5.26 Å². The molecular formula is C15H21FN2. The van der Waals surface area contributed by atoms with Gasteiger partial charge in [0, 0.05) is 18.4 Å². The van der Waals surface area contributed by atoms with Crippen LogP contribution in [-0.2, 0) is 5.41 Å². The Bertz CT molecular complexity index is 433. The third-order valence-electron chi connectivity index (χ3n) is 3.15. The predicted octanol–water partition coefficient (Wildman–Crippen LogP) is 3.31. The second kappa shape index (κ2) is 6.51. The van der Waals surface area contributed by atoms with Gasteiger partial charge in [-0.05, 0) is 37.1 Å². The summed E-state index contributed by atoms with van der Waals surface area (Å²) in [5, 5.41) is 11.8. The zero-order chi connectivity index (χ0) is 13.6. The summed E-state index contributed by atoms with van der Waals surface area (Å²) in [6.07, 6.45) is 1.46. The molecule has 0 saturated heterocycles. The Labute approximate surface area is 109 Å². The van der Waals surface area contributed by atoms with Crippen molar-refractivity contribution >= 4 is 0 Å². The molecule has 0 heterocycles. The van der Waals surface area contributed by atoms with E-state index in [1.807, 2.05) is 12.1 Å². The Kier molecular flexibility index (Phi) is 5.30. The normalized spacial score (nSPS) is 11.3. The molecule has 0 fully saturated rings. The number of benzene rings is 1. The summed E-state index contributed by atoms with van der Waals surface area (Å²) in [5.41, 5.74) is 1.78. The first-order valence-electron chi connectivity index (χ1n) is 6.31. The number of nitriles is 1. The minimum atomic E-state index is -0.156. The molecule has 2 nitrogen and oxygen atoms in total. The fraction of sp³-hybridized carbons (Fsp3) is 0.533. The number of hydrogen-bond donors (Lipinski definition) is 1. The molecule has 1 N–H and O–H groups in total. The standard InChI is InChI=1S/C15H21FN2/c1-12-10-13(6-7-14(12)16)15(2,3)11-18-9-5-4-8-17/h6-7,10,18H,4-5,9,11H2,1-3H3. The highest BCUT2D eigenvalue weighted by Crippen LogP contribution is 2.24. The van der Waals surface area contributed by atoms with Crippen LogP contribution in [0.1, 0.15) is 37.8 Å². The van der Waals surface area contributed by atoms with Crippen molar-refractivity contribution in [1.29, 1.82) is 5.26 Å². The molecule has 0 atom stereocenters. The zero-order valence-electron chi connectivity index (χ0n) is 11.4. The maximum Gasteiger partial charge on any atom is 0.126 e. The lowest BCUT2D eigenvalue weighted by molar-refractivity contribution is 0.466. The highest BCUT2D eigenvalue weighted by molar-refractivity contribution is 5.29. The third-order valence-corrected chi connectivity index (χ3v) is 3.15. The molecule has 0 saturated carbocycles. The summed E-state index contributed by atoms with van der Waals surface area (Å²) in [4.78, 5) is 0. The van der Waals surface area contributed by atoms with E-state index >= 15 is 0 Å². The fourth-order valence-electron chi connectivity index (χ4n) is 1.86. The van der Waals surface area contributed by atoms with E-state index in [1.54, 1.807) is 6.92 Å². The number of halogens is 1. The van der Waals surface area contributed by atoms with Gasteiger partial charge in [0.1, 0.15) is 5.82 Å². The summed E-state index contributed by atoms with van der Waals surface area (Å²) in [5.74, 6) is -0.156. The number of nitrogens with one attached hydrogen (secondary N) is 1. The van der Waals surface area contributed by atoms with Gasteiger partial charge >= 0.3 is 0 Å². The van der Waals surface area contributed by atoms with Gasteiger partial charge in [0.25, 0.3) is 0 Å². The van der Waals surface area contributed by atoms with Crippen molar-refractivity contribution in [2.45, 2.75) is 39.0 Å². The molecule has 0 aliphatic heterocycles. The van der Waals surface area contributed by atoms with E-state index in [2.05, 4.69) is 25.2 Å². The van der Waals surface area contributed by atoms with Gasteiger partial charge in [-0.3, -0.25) is 0 Å². The molecular weight excluding hydrogens is 227 g/mol. The number of unbranched alkanes of at least 4 members (excludes halogenated alkanes) is 1. The molecule has 0 aliphatic carbocycles. The van der Waals surface area contributed by atoms with E-state index in [0.29, 0.717) is 12.0 Å². The van der Waals surface area contributed by atoms with E-state index < -0.39 is 0 Å². The topological polar surface area (TPSA) is 35.8 Å². The van der Waals surface area contributed by atoms with Crippen LogP contribution >= 0.6 is 0 Å². The number of nitrogens with zero attached hydrogens (tertiary/aromatic N) is 1. The Morgan fingerprint density at radius 2 is 2.11 bits per heavy atom. The maximum atomic E-state index is 13.2. The summed E-state index contributed by atoms with van der Waals surface area (Å²) in [6.45, 7) is 7.73. The quantitative estimate of drug-likeness (QED) is 0.784. The van der Waals surface area contributed by atoms with Crippen LogP contribution < -0.4 is 5.32 Å². The first-order chi connectivity index (χ1) is 8.47. The third kappa shape index (κ3) is 4.12. The molecule has 0 radical (unpaired) electrons. The van der Waals surface area contributed by atoms with Gasteiger partial charge in [-0.2, -0.15) is 5.26 Å². The average Bonchev–Trinajstić information content (AvgIpc) is 2.32. The lowest BCUT2D eigenvalue weighted by Crippen LogP contribution is -2.33. The molecule has 1 aromatic carbocycles. The Morgan fingerprint density at radius 1 is 1.39 bits per heavy atom. The van der Waals surface area contributed by atoms with Crippen molar-refractivity contribution in [1.82, 2.24) is 5.32 Å². The minimum absolute atomic E-state index is 0.0366. The van der Waals surface area contributed by atoms with Crippen molar-refractivity contribution in [2.24, 2.45) is 0 Å². The van der Waals surface area contributed by atoms with E-state index in [0.717, 1.165) is 25.1 Å². The van der Waals surface area contributed by atoms with Crippen molar-refractivity contribution < 1.29 is 4.39 Å². The van der Waals surface area contributed by atoms with Crippen LogP contribution in [0.15, 0.2) is 18.2 Å². The highest BCUT2D eigenvalue weighted by atomic mass is 19.1. The van der Waals surface area contributed by atoms with Gasteiger partial charge in [0.2, 0.25) is 0 Å². The summed E-state index contributed by atoms with van der Waals surface area (Å²) < 4.78 is 13.2. The fourth-order valence-corrected chi connectivity index (χ4v) is 1.86. The molecule has 0 aliphatic rings. The van der Waals surface area contributed by atoms with Gasteiger partial charge in [-0.1, -0.05) is 26.0 Å². The molecule has 0 aromatic heterocycles. The first-order valence-corrected chi connectivity index (χ1v) is 6.31. The number of aryl methyl sites for hydroxylation is 1. The minimum Gasteiger partial charge on any atom is -0.316 e.